The number of esters is 1. The predicted molar refractivity (Wildman–Crippen MR) is 91.5 cm³/mol. The summed E-state index contributed by atoms with van der Waals surface area (Å²) in [6.45, 7) is -3.12. The first-order chi connectivity index (χ1) is 12.4. The van der Waals surface area contributed by atoms with Crippen LogP contribution in [0, 0.1) is 0 Å². The van der Waals surface area contributed by atoms with Gasteiger partial charge in [0.2, 0.25) is 0 Å². The third-order valence-electron chi connectivity index (χ3n) is 3.25. The van der Waals surface area contributed by atoms with Crippen molar-refractivity contribution in [2.45, 2.75) is 13.0 Å². The lowest BCUT2D eigenvalue weighted by Crippen LogP contribution is -2.30. The first-order valence-electron chi connectivity index (χ1n) is 7.67. The molecule has 1 amide bonds. The van der Waals surface area contributed by atoms with Crippen LogP contribution in [0.3, 0.4) is 0 Å². The van der Waals surface area contributed by atoms with Gasteiger partial charge in [0.15, 0.2) is 6.61 Å². The van der Waals surface area contributed by atoms with Gasteiger partial charge in [-0.2, -0.15) is 8.78 Å². The van der Waals surface area contributed by atoms with Crippen LogP contribution in [0.15, 0.2) is 48.5 Å². The Morgan fingerprint density at radius 3 is 2.62 bits per heavy atom. The molecule has 0 radical (unpaired) electrons. The molecule has 0 heterocycles. The number of halogens is 3. The first-order valence-corrected chi connectivity index (χ1v) is 8.05. The molecule has 0 unspecified atom stereocenters. The fourth-order valence-electron chi connectivity index (χ4n) is 2.10. The average Bonchev–Trinajstić information content (AvgIpc) is 2.59. The second kappa shape index (κ2) is 9.72. The number of rotatable bonds is 8. The fraction of sp³-hybridized carbons (Fsp3) is 0.222. The van der Waals surface area contributed by atoms with Crippen LogP contribution in [-0.2, 0) is 16.0 Å². The summed E-state index contributed by atoms with van der Waals surface area (Å²) in [5.41, 5.74) is 0.973. The summed E-state index contributed by atoms with van der Waals surface area (Å²) in [6.07, 6.45) is 0.577. The molecule has 0 fully saturated rings. The van der Waals surface area contributed by atoms with E-state index in [1.165, 1.54) is 18.2 Å². The zero-order valence-corrected chi connectivity index (χ0v) is 14.3. The minimum absolute atomic E-state index is 0.00915. The molecular weight excluding hydrogens is 368 g/mol. The van der Waals surface area contributed by atoms with Gasteiger partial charge in [-0.3, -0.25) is 4.79 Å². The van der Waals surface area contributed by atoms with Crippen LogP contribution in [0.1, 0.15) is 15.9 Å². The highest BCUT2D eigenvalue weighted by Crippen LogP contribution is 2.16. The quantitative estimate of drug-likeness (QED) is 0.709. The van der Waals surface area contributed by atoms with Crippen LogP contribution in [0.25, 0.3) is 0 Å². The number of carbonyl (C=O) groups is 2. The van der Waals surface area contributed by atoms with Gasteiger partial charge >= 0.3 is 12.6 Å². The Kier molecular flexibility index (Phi) is 7.35. The molecule has 1 N–H and O–H groups in total. The van der Waals surface area contributed by atoms with Crippen LogP contribution in [-0.4, -0.2) is 31.6 Å². The van der Waals surface area contributed by atoms with Crippen molar-refractivity contribution in [1.29, 1.82) is 0 Å². The average molecular weight is 384 g/mol. The second-order valence-electron chi connectivity index (χ2n) is 5.21. The standard InChI is InChI=1S/C18H16ClF2NO4/c19-14-5-1-3-12(9-14)7-8-22-16(23)11-25-17(24)13-4-2-6-15(10-13)26-18(20)21/h1-6,9-10,18H,7-8,11H2,(H,22,23). The van der Waals surface area contributed by atoms with Crippen LogP contribution in [0.2, 0.25) is 5.02 Å². The molecule has 0 aromatic heterocycles. The van der Waals surface area contributed by atoms with Gasteiger partial charge in [-0.05, 0) is 42.3 Å². The van der Waals surface area contributed by atoms with E-state index in [0.717, 1.165) is 11.6 Å². The number of hydrogen-bond acceptors (Lipinski definition) is 4. The second-order valence-corrected chi connectivity index (χ2v) is 5.65. The molecule has 2 aromatic carbocycles. The van der Waals surface area contributed by atoms with E-state index in [9.17, 15) is 18.4 Å². The van der Waals surface area contributed by atoms with Gasteiger partial charge in [0, 0.05) is 11.6 Å². The van der Waals surface area contributed by atoms with Gasteiger partial charge in [0.05, 0.1) is 5.56 Å². The van der Waals surface area contributed by atoms with Gasteiger partial charge in [0.1, 0.15) is 5.75 Å². The van der Waals surface area contributed by atoms with Crippen LogP contribution < -0.4 is 10.1 Å². The normalized spacial score (nSPS) is 10.5. The molecule has 0 saturated carbocycles. The van der Waals surface area contributed by atoms with Crippen LogP contribution in [0.4, 0.5) is 8.78 Å². The van der Waals surface area contributed by atoms with Crippen molar-refractivity contribution < 1.29 is 27.8 Å². The molecule has 5 nitrogen and oxygen atoms in total. The maximum atomic E-state index is 12.2. The maximum absolute atomic E-state index is 12.2. The molecule has 0 atom stereocenters. The van der Waals surface area contributed by atoms with Crippen molar-refractivity contribution in [1.82, 2.24) is 5.32 Å². The Labute approximate surface area is 153 Å². The van der Waals surface area contributed by atoms with Crippen LogP contribution in [0.5, 0.6) is 5.75 Å². The van der Waals surface area contributed by atoms with Crippen LogP contribution >= 0.6 is 11.6 Å². The van der Waals surface area contributed by atoms with Crippen molar-refractivity contribution in [3.63, 3.8) is 0 Å². The van der Waals surface area contributed by atoms with E-state index in [1.807, 2.05) is 12.1 Å². The van der Waals surface area contributed by atoms with Crippen molar-refractivity contribution in [2.75, 3.05) is 13.2 Å². The zero-order valence-electron chi connectivity index (χ0n) is 13.6. The summed E-state index contributed by atoms with van der Waals surface area (Å²) in [7, 11) is 0. The summed E-state index contributed by atoms with van der Waals surface area (Å²) in [6, 6.07) is 12.4. The molecule has 138 valence electrons. The van der Waals surface area contributed by atoms with Gasteiger partial charge in [-0.15, -0.1) is 0 Å². The smallest absolute Gasteiger partial charge is 0.387 e. The topological polar surface area (TPSA) is 64.6 Å². The maximum Gasteiger partial charge on any atom is 0.387 e. The molecule has 0 bridgehead atoms. The van der Waals surface area contributed by atoms with E-state index < -0.39 is 25.1 Å². The lowest BCUT2D eigenvalue weighted by atomic mass is 10.1. The summed E-state index contributed by atoms with van der Waals surface area (Å²) in [4.78, 5) is 23.6. The Morgan fingerprint density at radius 2 is 1.88 bits per heavy atom. The highest BCUT2D eigenvalue weighted by molar-refractivity contribution is 6.30. The minimum Gasteiger partial charge on any atom is -0.452 e. The number of hydrogen-bond donors (Lipinski definition) is 1. The SMILES string of the molecule is O=C(COC(=O)c1cccc(OC(F)F)c1)NCCc1cccc(Cl)c1. The summed E-state index contributed by atoms with van der Waals surface area (Å²) in [5.74, 6) is -1.45. The molecule has 0 aliphatic heterocycles. The molecule has 2 aromatic rings. The summed E-state index contributed by atoms with van der Waals surface area (Å²) in [5, 5.41) is 3.22. The third kappa shape index (κ3) is 6.68. The molecular formula is C18H16ClF2NO4. The van der Waals surface area contributed by atoms with Gasteiger partial charge in [-0.25, -0.2) is 4.79 Å². The Morgan fingerprint density at radius 1 is 1.12 bits per heavy atom. The van der Waals surface area contributed by atoms with Crippen molar-refractivity contribution in [3.8, 4) is 5.75 Å². The molecule has 0 aliphatic carbocycles. The molecule has 2 rings (SSSR count). The number of alkyl halides is 2. The van der Waals surface area contributed by atoms with Crippen molar-refractivity contribution in [3.05, 3.63) is 64.7 Å². The fourth-order valence-corrected chi connectivity index (χ4v) is 2.32. The highest BCUT2D eigenvalue weighted by atomic mass is 35.5. The lowest BCUT2D eigenvalue weighted by Gasteiger charge is -2.08. The molecule has 0 aliphatic rings. The zero-order chi connectivity index (χ0) is 18.9. The van der Waals surface area contributed by atoms with E-state index in [-0.39, 0.29) is 11.3 Å². The first kappa shape index (κ1) is 19.7. The van der Waals surface area contributed by atoms with E-state index in [4.69, 9.17) is 16.3 Å². The number of amides is 1. The Balaban J connectivity index is 1.75. The largest absolute Gasteiger partial charge is 0.452 e. The van der Waals surface area contributed by atoms with E-state index in [0.29, 0.717) is 18.0 Å². The monoisotopic (exact) mass is 383 g/mol. The Bertz CT molecular complexity index is 770. The van der Waals surface area contributed by atoms with E-state index in [2.05, 4.69) is 10.1 Å². The van der Waals surface area contributed by atoms with Gasteiger partial charge in [0.25, 0.3) is 5.91 Å². The summed E-state index contributed by atoms with van der Waals surface area (Å²) < 4.78 is 33.4. The van der Waals surface area contributed by atoms with Crippen molar-refractivity contribution >= 4 is 23.5 Å². The predicted octanol–water partition coefficient (Wildman–Crippen LogP) is 3.46. The molecule has 8 heteroatoms. The number of ether oxygens (including phenoxy) is 2. The van der Waals surface area contributed by atoms with E-state index in [1.54, 1.807) is 12.1 Å². The van der Waals surface area contributed by atoms with Gasteiger partial charge < -0.3 is 14.8 Å². The minimum atomic E-state index is -2.99. The highest BCUT2D eigenvalue weighted by Gasteiger charge is 2.12. The number of nitrogens with one attached hydrogen (secondary N) is 1. The van der Waals surface area contributed by atoms with E-state index >= 15 is 0 Å². The number of benzene rings is 2. The lowest BCUT2D eigenvalue weighted by molar-refractivity contribution is -0.124. The number of carbonyl (C=O) groups excluding carboxylic acids is 2. The van der Waals surface area contributed by atoms with Gasteiger partial charge in [-0.1, -0.05) is 29.8 Å². The third-order valence-corrected chi connectivity index (χ3v) is 3.49. The molecule has 26 heavy (non-hydrogen) atoms. The Hall–Kier alpha value is -2.67. The van der Waals surface area contributed by atoms with Crippen molar-refractivity contribution in [2.24, 2.45) is 0 Å². The summed E-state index contributed by atoms with van der Waals surface area (Å²) >= 11 is 5.87. The molecule has 0 spiro atoms. The molecule has 0 saturated heterocycles.